The van der Waals surface area contributed by atoms with Gasteiger partial charge in [-0.2, -0.15) is 18.3 Å². The number of halogens is 5. The summed E-state index contributed by atoms with van der Waals surface area (Å²) in [5.41, 5.74) is 4.03. The number of hydrogen-bond acceptors (Lipinski definition) is 2. The Bertz CT molecular complexity index is 1500. The van der Waals surface area contributed by atoms with E-state index < -0.39 is 41.1 Å². The number of hydrogen-bond donors (Lipinski definition) is 1. The number of allylic oxidation sites excluding steroid dienone is 3. The van der Waals surface area contributed by atoms with Crippen molar-refractivity contribution in [3.8, 4) is 5.69 Å². The van der Waals surface area contributed by atoms with Crippen molar-refractivity contribution >= 4 is 17.7 Å². The minimum Gasteiger partial charge on any atom is -0.326 e. The van der Waals surface area contributed by atoms with Crippen molar-refractivity contribution in [3.05, 3.63) is 94.8 Å². The molecule has 1 N–H and O–H groups in total. The summed E-state index contributed by atoms with van der Waals surface area (Å²) in [6, 6.07) is 11.2. The van der Waals surface area contributed by atoms with Crippen LogP contribution in [0.1, 0.15) is 37.4 Å². The van der Waals surface area contributed by atoms with Crippen LogP contribution in [-0.2, 0) is 11.2 Å². The van der Waals surface area contributed by atoms with E-state index in [0.717, 1.165) is 28.5 Å². The lowest BCUT2D eigenvalue weighted by Gasteiger charge is -2.50. The summed E-state index contributed by atoms with van der Waals surface area (Å²) in [4.78, 5) is 13.4. The molecule has 3 aliphatic carbocycles. The molecule has 0 spiro atoms. The molecule has 6 rings (SSSR count). The molecule has 39 heavy (non-hydrogen) atoms. The van der Waals surface area contributed by atoms with Gasteiger partial charge in [-0.1, -0.05) is 30.2 Å². The van der Waals surface area contributed by atoms with Crippen LogP contribution in [-0.4, -0.2) is 21.9 Å². The van der Waals surface area contributed by atoms with Crippen molar-refractivity contribution in [2.45, 2.75) is 38.8 Å². The quantitative estimate of drug-likeness (QED) is 0.281. The number of amides is 1. The first-order chi connectivity index (χ1) is 18.5. The third kappa shape index (κ3) is 4.37. The Kier molecular flexibility index (Phi) is 6.00. The fourth-order valence-corrected chi connectivity index (χ4v) is 6.72. The second-order valence-electron chi connectivity index (χ2n) is 10.8. The summed E-state index contributed by atoms with van der Waals surface area (Å²) >= 11 is 0. The summed E-state index contributed by atoms with van der Waals surface area (Å²) in [5.74, 6) is -5.42. The fraction of sp³-hybridized carbons (Fsp3) is 0.333. The van der Waals surface area contributed by atoms with Crippen molar-refractivity contribution in [1.29, 1.82) is 0 Å². The number of nitrogens with one attached hydrogen (secondary N) is 1. The van der Waals surface area contributed by atoms with Crippen molar-refractivity contribution in [2.75, 3.05) is 5.32 Å². The summed E-state index contributed by atoms with van der Waals surface area (Å²) in [7, 11) is 0. The first kappa shape index (κ1) is 25.5. The average molecular weight is 540 g/mol. The highest BCUT2D eigenvalue weighted by atomic mass is 19.4. The molecule has 1 amide bonds. The maximum atomic E-state index is 14.2. The van der Waals surface area contributed by atoms with Gasteiger partial charge in [0.2, 0.25) is 5.91 Å². The molecule has 2 aromatic carbocycles. The molecule has 0 radical (unpaired) electrons. The summed E-state index contributed by atoms with van der Waals surface area (Å²) in [6.45, 7) is 2.03. The second kappa shape index (κ2) is 9.17. The van der Waals surface area contributed by atoms with Crippen LogP contribution in [0.5, 0.6) is 0 Å². The number of alkyl halides is 3. The Labute approximate surface area is 222 Å². The zero-order chi connectivity index (χ0) is 27.5. The van der Waals surface area contributed by atoms with Crippen molar-refractivity contribution in [2.24, 2.45) is 23.2 Å². The highest BCUT2D eigenvalue weighted by molar-refractivity contribution is 5.93. The number of carbonyl (C=O) groups is 1. The topological polar surface area (TPSA) is 46.9 Å². The molecule has 3 aromatic rings. The standard InChI is InChI=1S/C30H26F5N3O/c1-29-15-17-16-36-38(22-8-6-19(31)7-9-22)26(17)13-18(29)5-10-23-24(29)11-12-25(30(33,34)35)27(23)28(39)37-21-4-2-3-20(32)14-21/h2-4,6-9,11,13-14,16,23,25,27H,5,10,12,15H2,1H3,(H,37,39)/t23-,25+,27+,29-/m0/s1. The van der Waals surface area contributed by atoms with Gasteiger partial charge in [0, 0.05) is 11.1 Å². The van der Waals surface area contributed by atoms with Gasteiger partial charge in [0.05, 0.1) is 29.4 Å². The van der Waals surface area contributed by atoms with Gasteiger partial charge in [-0.3, -0.25) is 4.79 Å². The van der Waals surface area contributed by atoms with Crippen LogP contribution in [0.25, 0.3) is 11.8 Å². The summed E-state index contributed by atoms with van der Waals surface area (Å²) in [5, 5.41) is 7.07. The lowest BCUT2D eigenvalue weighted by atomic mass is 9.54. The van der Waals surface area contributed by atoms with Crippen molar-refractivity contribution in [3.63, 3.8) is 0 Å². The number of carbonyl (C=O) groups excluding carboxylic acids is 1. The molecular formula is C30H26F5N3O. The van der Waals surface area contributed by atoms with Gasteiger partial charge < -0.3 is 5.32 Å². The Morgan fingerprint density at radius 3 is 2.59 bits per heavy atom. The van der Waals surface area contributed by atoms with Gasteiger partial charge in [-0.15, -0.1) is 0 Å². The molecule has 4 nitrogen and oxygen atoms in total. The van der Waals surface area contributed by atoms with Gasteiger partial charge in [-0.25, -0.2) is 13.5 Å². The molecule has 4 atom stereocenters. The third-order valence-electron chi connectivity index (χ3n) is 8.56. The Morgan fingerprint density at radius 1 is 1.10 bits per heavy atom. The molecule has 9 heteroatoms. The van der Waals surface area contributed by atoms with Crippen LogP contribution in [0, 0.1) is 34.8 Å². The van der Waals surface area contributed by atoms with E-state index in [1.165, 1.54) is 30.3 Å². The van der Waals surface area contributed by atoms with Gasteiger partial charge >= 0.3 is 6.18 Å². The number of fused-ring (bicyclic) bond motifs is 4. The van der Waals surface area contributed by atoms with E-state index in [1.54, 1.807) is 29.1 Å². The molecule has 1 heterocycles. The number of nitrogens with zero attached hydrogens (tertiary/aromatic N) is 2. The highest BCUT2D eigenvalue weighted by Crippen LogP contribution is 2.59. The summed E-state index contributed by atoms with van der Waals surface area (Å²) in [6.07, 6.45) is 2.09. The first-order valence-electron chi connectivity index (χ1n) is 12.9. The molecule has 1 aromatic heterocycles. The van der Waals surface area contributed by atoms with E-state index in [0.29, 0.717) is 24.9 Å². The number of aromatic nitrogens is 2. The van der Waals surface area contributed by atoms with Crippen molar-refractivity contribution in [1.82, 2.24) is 9.78 Å². The summed E-state index contributed by atoms with van der Waals surface area (Å²) < 4.78 is 71.6. The predicted molar refractivity (Wildman–Crippen MR) is 137 cm³/mol. The molecule has 0 unspecified atom stereocenters. The van der Waals surface area contributed by atoms with Crippen LogP contribution in [0.3, 0.4) is 0 Å². The monoisotopic (exact) mass is 539 g/mol. The second-order valence-corrected chi connectivity index (χ2v) is 10.8. The maximum absolute atomic E-state index is 14.2. The average Bonchev–Trinajstić information content (AvgIpc) is 3.28. The number of rotatable bonds is 3. The van der Waals surface area contributed by atoms with Crippen LogP contribution in [0.15, 0.2) is 72.0 Å². The zero-order valence-corrected chi connectivity index (χ0v) is 21.1. The van der Waals surface area contributed by atoms with Crippen LogP contribution >= 0.6 is 0 Å². The van der Waals surface area contributed by atoms with E-state index >= 15 is 0 Å². The van der Waals surface area contributed by atoms with E-state index in [9.17, 15) is 26.7 Å². The Hall–Kier alpha value is -3.75. The number of benzene rings is 2. The molecule has 3 aliphatic rings. The molecule has 0 bridgehead atoms. The normalized spacial score (nSPS) is 26.1. The third-order valence-corrected chi connectivity index (χ3v) is 8.56. The van der Waals surface area contributed by atoms with Gasteiger partial charge in [0.15, 0.2) is 0 Å². The van der Waals surface area contributed by atoms with Gasteiger partial charge in [-0.05, 0) is 85.7 Å². The van der Waals surface area contributed by atoms with Crippen LogP contribution in [0.4, 0.5) is 27.6 Å². The minimum atomic E-state index is -4.56. The van der Waals surface area contributed by atoms with E-state index in [1.807, 2.05) is 13.0 Å². The Morgan fingerprint density at radius 2 is 1.87 bits per heavy atom. The van der Waals surface area contributed by atoms with E-state index in [2.05, 4.69) is 10.4 Å². The maximum Gasteiger partial charge on any atom is 0.392 e. The Balaban J connectivity index is 1.35. The van der Waals surface area contributed by atoms with Crippen LogP contribution in [0.2, 0.25) is 0 Å². The first-order valence-corrected chi connectivity index (χ1v) is 12.9. The minimum absolute atomic E-state index is 0.134. The smallest absolute Gasteiger partial charge is 0.326 e. The van der Waals surface area contributed by atoms with Crippen LogP contribution < -0.4 is 5.32 Å². The lowest BCUT2D eigenvalue weighted by molar-refractivity contribution is -0.196. The van der Waals surface area contributed by atoms with E-state index in [-0.39, 0.29) is 17.9 Å². The SMILES string of the molecule is C[C@]12Cc3cnn(-c4ccc(F)cc4)c3C=C1CC[C@H]1C2=CC[C@@H](C(F)(F)F)[C@@H]1C(=O)Nc1cccc(F)c1. The zero-order valence-electron chi connectivity index (χ0n) is 21.1. The van der Waals surface area contributed by atoms with E-state index in [4.69, 9.17) is 0 Å². The highest BCUT2D eigenvalue weighted by Gasteiger charge is 2.56. The molecule has 202 valence electrons. The molecular weight excluding hydrogens is 513 g/mol. The molecule has 0 saturated heterocycles. The van der Waals surface area contributed by atoms with Crippen molar-refractivity contribution < 1.29 is 26.7 Å². The fourth-order valence-electron chi connectivity index (χ4n) is 6.72. The predicted octanol–water partition coefficient (Wildman–Crippen LogP) is 7.27. The van der Waals surface area contributed by atoms with Gasteiger partial charge in [0.25, 0.3) is 0 Å². The lowest BCUT2D eigenvalue weighted by Crippen LogP contribution is -2.49. The molecule has 1 saturated carbocycles. The largest absolute Gasteiger partial charge is 0.392 e. The number of anilines is 1. The molecule has 0 aliphatic heterocycles. The molecule has 1 fully saturated rings. The van der Waals surface area contributed by atoms with Gasteiger partial charge in [0.1, 0.15) is 11.6 Å².